The van der Waals surface area contributed by atoms with Crippen LogP contribution in [-0.2, 0) is 19.5 Å². The molecule has 2 nitrogen and oxygen atoms in total. The van der Waals surface area contributed by atoms with Crippen molar-refractivity contribution in [1.29, 1.82) is 0 Å². The van der Waals surface area contributed by atoms with Crippen LogP contribution in [0, 0.1) is 0 Å². The highest BCUT2D eigenvalue weighted by molar-refractivity contribution is 4.84. The molecule has 0 radical (unpaired) electrons. The van der Waals surface area contributed by atoms with Crippen molar-refractivity contribution in [3.05, 3.63) is 18.2 Å². The van der Waals surface area contributed by atoms with E-state index in [1.54, 1.807) is 5.82 Å². The lowest BCUT2D eigenvalue weighted by Crippen LogP contribution is -2.37. The SMILES string of the molecule is CCCCCCCC[n+]1ccn(CCCCCCC)c1CCCCC. The van der Waals surface area contributed by atoms with Gasteiger partial charge in [-0.2, -0.15) is 0 Å². The van der Waals surface area contributed by atoms with E-state index in [1.807, 2.05) is 0 Å². The van der Waals surface area contributed by atoms with Gasteiger partial charge >= 0.3 is 0 Å². The Morgan fingerprint density at radius 3 is 1.92 bits per heavy atom. The van der Waals surface area contributed by atoms with E-state index in [1.165, 1.54) is 109 Å². The molecule has 1 rings (SSSR count). The summed E-state index contributed by atoms with van der Waals surface area (Å²) in [5, 5.41) is 0. The second kappa shape index (κ2) is 15.5. The van der Waals surface area contributed by atoms with Crippen molar-refractivity contribution in [2.24, 2.45) is 0 Å². The Labute approximate surface area is 158 Å². The zero-order chi connectivity index (χ0) is 18.2. The lowest BCUT2D eigenvalue weighted by molar-refractivity contribution is -0.704. The average Bonchev–Trinajstić information content (AvgIpc) is 3.00. The van der Waals surface area contributed by atoms with Gasteiger partial charge in [0.15, 0.2) is 0 Å². The molecular formula is C23H45N2+. The second-order valence-corrected chi connectivity index (χ2v) is 7.74. The first-order valence-electron chi connectivity index (χ1n) is 11.4. The summed E-state index contributed by atoms with van der Waals surface area (Å²) in [5.41, 5.74) is 0. The smallest absolute Gasteiger partial charge is 0.234 e. The molecule has 0 spiro atoms. The van der Waals surface area contributed by atoms with E-state index in [9.17, 15) is 0 Å². The Kier molecular flexibility index (Phi) is 13.8. The third-order valence-electron chi connectivity index (χ3n) is 5.35. The van der Waals surface area contributed by atoms with Crippen molar-refractivity contribution in [3.63, 3.8) is 0 Å². The molecule has 0 saturated carbocycles. The minimum absolute atomic E-state index is 1.22. The number of aromatic nitrogens is 2. The Balaban J connectivity index is 2.45. The molecule has 25 heavy (non-hydrogen) atoms. The molecule has 1 heterocycles. The van der Waals surface area contributed by atoms with Crippen molar-refractivity contribution in [2.75, 3.05) is 0 Å². The summed E-state index contributed by atoms with van der Waals surface area (Å²) in [4.78, 5) is 0. The molecule has 0 aliphatic heterocycles. The number of nitrogens with zero attached hydrogens (tertiary/aromatic N) is 2. The number of rotatable bonds is 17. The molecule has 0 bridgehead atoms. The van der Waals surface area contributed by atoms with Gasteiger partial charge in [0.05, 0.1) is 13.1 Å². The molecule has 0 fully saturated rings. The maximum absolute atomic E-state index is 2.56. The third-order valence-corrected chi connectivity index (χ3v) is 5.35. The summed E-state index contributed by atoms with van der Waals surface area (Å²) in [6, 6.07) is 0. The predicted octanol–water partition coefficient (Wildman–Crippen LogP) is 6.84. The van der Waals surface area contributed by atoms with E-state index < -0.39 is 0 Å². The molecule has 0 atom stereocenters. The van der Waals surface area contributed by atoms with Crippen LogP contribution in [0.15, 0.2) is 12.4 Å². The molecule has 0 N–H and O–H groups in total. The van der Waals surface area contributed by atoms with Crippen LogP contribution in [0.2, 0.25) is 0 Å². The second-order valence-electron chi connectivity index (χ2n) is 7.74. The van der Waals surface area contributed by atoms with Crippen molar-refractivity contribution >= 4 is 0 Å². The quantitative estimate of drug-likeness (QED) is 0.215. The van der Waals surface area contributed by atoms with E-state index in [0.717, 1.165) is 0 Å². The lowest BCUT2D eigenvalue weighted by atomic mass is 10.1. The maximum Gasteiger partial charge on any atom is 0.256 e. The monoisotopic (exact) mass is 349 g/mol. The van der Waals surface area contributed by atoms with Crippen LogP contribution < -0.4 is 4.57 Å². The van der Waals surface area contributed by atoms with E-state index in [0.29, 0.717) is 0 Å². The first-order chi connectivity index (χ1) is 12.3. The molecule has 146 valence electrons. The number of imidazole rings is 1. The van der Waals surface area contributed by atoms with Gasteiger partial charge in [-0.1, -0.05) is 78.6 Å². The van der Waals surface area contributed by atoms with Crippen molar-refractivity contribution < 1.29 is 4.57 Å². The van der Waals surface area contributed by atoms with Crippen molar-refractivity contribution in [3.8, 4) is 0 Å². The minimum atomic E-state index is 1.22. The number of hydrogen-bond donors (Lipinski definition) is 0. The molecule has 0 amide bonds. The predicted molar refractivity (Wildman–Crippen MR) is 110 cm³/mol. The lowest BCUT2D eigenvalue weighted by Gasteiger charge is -2.06. The Morgan fingerprint density at radius 2 is 1.24 bits per heavy atom. The van der Waals surface area contributed by atoms with Crippen LogP contribution in [0.25, 0.3) is 0 Å². The molecule has 1 aromatic rings. The maximum atomic E-state index is 2.56. The van der Waals surface area contributed by atoms with Crippen LogP contribution >= 0.6 is 0 Å². The highest BCUT2D eigenvalue weighted by Gasteiger charge is 2.16. The summed E-state index contributed by atoms with van der Waals surface area (Å²) in [5.74, 6) is 1.58. The summed E-state index contributed by atoms with van der Waals surface area (Å²) < 4.78 is 5.11. The van der Waals surface area contributed by atoms with Crippen LogP contribution in [0.5, 0.6) is 0 Å². The van der Waals surface area contributed by atoms with Gasteiger partial charge in [0, 0.05) is 6.42 Å². The molecule has 0 aliphatic rings. The normalized spacial score (nSPS) is 11.3. The number of hydrogen-bond acceptors (Lipinski definition) is 0. The summed E-state index contributed by atoms with van der Waals surface area (Å²) in [6.45, 7) is 9.33. The first-order valence-corrected chi connectivity index (χ1v) is 11.4. The fraction of sp³-hybridized carbons (Fsp3) is 0.870. The number of aryl methyl sites for hydroxylation is 2. The van der Waals surface area contributed by atoms with Crippen LogP contribution in [-0.4, -0.2) is 4.57 Å². The van der Waals surface area contributed by atoms with Crippen LogP contribution in [0.4, 0.5) is 0 Å². The minimum Gasteiger partial charge on any atom is -0.234 e. The van der Waals surface area contributed by atoms with Gasteiger partial charge in [-0.15, -0.1) is 0 Å². The Morgan fingerprint density at radius 1 is 0.680 bits per heavy atom. The van der Waals surface area contributed by atoms with Crippen molar-refractivity contribution in [1.82, 2.24) is 4.57 Å². The van der Waals surface area contributed by atoms with Gasteiger partial charge < -0.3 is 0 Å². The average molecular weight is 350 g/mol. The highest BCUT2D eigenvalue weighted by atomic mass is 15.1. The zero-order valence-corrected chi connectivity index (χ0v) is 17.6. The molecule has 0 aliphatic carbocycles. The molecule has 2 heteroatoms. The fourth-order valence-electron chi connectivity index (χ4n) is 3.67. The van der Waals surface area contributed by atoms with E-state index in [-0.39, 0.29) is 0 Å². The first kappa shape index (κ1) is 22.3. The van der Waals surface area contributed by atoms with E-state index in [2.05, 4.69) is 42.3 Å². The summed E-state index contributed by atoms with van der Waals surface area (Å²) >= 11 is 0. The van der Waals surface area contributed by atoms with Crippen molar-refractivity contribution in [2.45, 2.75) is 130 Å². The Hall–Kier alpha value is -0.790. The summed E-state index contributed by atoms with van der Waals surface area (Å²) in [6.07, 6.45) is 25.1. The molecular weight excluding hydrogens is 304 g/mol. The van der Waals surface area contributed by atoms with E-state index >= 15 is 0 Å². The van der Waals surface area contributed by atoms with Gasteiger partial charge in [-0.3, -0.25) is 0 Å². The van der Waals surface area contributed by atoms with Gasteiger partial charge in [0.25, 0.3) is 5.82 Å². The van der Waals surface area contributed by atoms with E-state index in [4.69, 9.17) is 0 Å². The van der Waals surface area contributed by atoms with Crippen LogP contribution in [0.1, 0.15) is 116 Å². The standard InChI is InChI=1S/C23H45N2/c1-4-7-10-12-14-17-20-25-22-21-24(19-16-13-11-8-5-2)23(25)18-15-9-6-3/h21-22H,4-20H2,1-3H3/q+1. The molecule has 0 aromatic carbocycles. The zero-order valence-electron chi connectivity index (χ0n) is 17.6. The van der Waals surface area contributed by atoms with Gasteiger partial charge in [0.1, 0.15) is 12.4 Å². The third kappa shape index (κ3) is 10.1. The highest BCUT2D eigenvalue weighted by Crippen LogP contribution is 2.10. The topological polar surface area (TPSA) is 8.81 Å². The Bertz CT molecular complexity index is 408. The number of unbranched alkanes of at least 4 members (excludes halogenated alkanes) is 11. The summed E-state index contributed by atoms with van der Waals surface area (Å²) in [7, 11) is 0. The largest absolute Gasteiger partial charge is 0.256 e. The molecule has 1 aromatic heterocycles. The van der Waals surface area contributed by atoms with Crippen LogP contribution in [0.3, 0.4) is 0 Å². The fourth-order valence-corrected chi connectivity index (χ4v) is 3.67. The molecule has 0 saturated heterocycles. The van der Waals surface area contributed by atoms with Gasteiger partial charge in [0.2, 0.25) is 0 Å². The van der Waals surface area contributed by atoms with Gasteiger partial charge in [-0.25, -0.2) is 9.13 Å². The molecule has 0 unspecified atom stereocenters. The van der Waals surface area contributed by atoms with Gasteiger partial charge in [-0.05, 0) is 32.1 Å².